The fourth-order valence-corrected chi connectivity index (χ4v) is 3.58. The Morgan fingerprint density at radius 2 is 1.79 bits per heavy atom. The van der Waals surface area contributed by atoms with Crippen LogP contribution in [0.5, 0.6) is 0 Å². The third-order valence-electron chi connectivity index (χ3n) is 5.59. The van der Waals surface area contributed by atoms with Crippen LogP contribution in [0.3, 0.4) is 0 Å². The molecule has 2 aromatic carbocycles. The van der Waals surface area contributed by atoms with Gasteiger partial charge >= 0.3 is 5.97 Å². The molecule has 2 aromatic heterocycles. The second kappa shape index (κ2) is 8.50. The van der Waals surface area contributed by atoms with Crippen molar-refractivity contribution >= 4 is 28.5 Å². The van der Waals surface area contributed by atoms with E-state index in [0.29, 0.717) is 22.8 Å². The van der Waals surface area contributed by atoms with Crippen molar-refractivity contribution in [2.45, 2.75) is 39.0 Å². The number of aromatic nitrogens is 3. The third kappa shape index (κ3) is 4.48. The van der Waals surface area contributed by atoms with Crippen LogP contribution in [0.1, 0.15) is 55.4 Å². The SMILES string of the molecule is CC(C(=O)O)c1cccc(-n2nc(C(C)(C)C)cc2NC(=O)c2nccc3ccccc23)c1. The van der Waals surface area contributed by atoms with Crippen molar-refractivity contribution in [1.29, 1.82) is 0 Å². The third-order valence-corrected chi connectivity index (χ3v) is 5.59. The minimum absolute atomic E-state index is 0.256. The molecule has 0 fully saturated rings. The Labute approximate surface area is 192 Å². The van der Waals surface area contributed by atoms with Crippen molar-refractivity contribution in [1.82, 2.24) is 14.8 Å². The molecule has 0 saturated carbocycles. The lowest BCUT2D eigenvalue weighted by atomic mass is 9.92. The number of nitrogens with zero attached hydrogens (tertiary/aromatic N) is 3. The number of aliphatic carboxylic acids is 1. The number of carboxylic acid groups (broad SMARTS) is 1. The topological polar surface area (TPSA) is 97.1 Å². The van der Waals surface area contributed by atoms with Gasteiger partial charge in [-0.25, -0.2) is 4.68 Å². The first-order chi connectivity index (χ1) is 15.6. The minimum atomic E-state index is -0.904. The van der Waals surface area contributed by atoms with Crippen LogP contribution in [0.2, 0.25) is 0 Å². The average Bonchev–Trinajstić information content (AvgIpc) is 3.22. The predicted octanol–water partition coefficient (Wildman–Crippen LogP) is 5.16. The number of fused-ring (bicyclic) bond motifs is 1. The summed E-state index contributed by atoms with van der Waals surface area (Å²) < 4.78 is 1.64. The maximum absolute atomic E-state index is 13.2. The molecule has 7 nitrogen and oxygen atoms in total. The summed E-state index contributed by atoms with van der Waals surface area (Å²) in [5.41, 5.74) is 2.18. The zero-order chi connectivity index (χ0) is 23.8. The Bertz CT molecular complexity index is 1350. The van der Waals surface area contributed by atoms with Gasteiger partial charge in [0.15, 0.2) is 0 Å². The number of hydrogen-bond acceptors (Lipinski definition) is 4. The first kappa shape index (κ1) is 22.2. The molecule has 2 N–H and O–H groups in total. The van der Waals surface area contributed by atoms with E-state index in [0.717, 1.165) is 16.5 Å². The van der Waals surface area contributed by atoms with E-state index in [1.807, 2.05) is 63.2 Å². The fraction of sp³-hybridized carbons (Fsp3) is 0.231. The molecule has 2 heterocycles. The molecular formula is C26H26N4O3. The number of nitrogens with one attached hydrogen (secondary N) is 1. The van der Waals surface area contributed by atoms with Crippen LogP contribution in [-0.2, 0) is 10.2 Å². The Kier molecular flexibility index (Phi) is 5.72. The van der Waals surface area contributed by atoms with Crippen molar-refractivity contribution in [3.63, 3.8) is 0 Å². The molecule has 168 valence electrons. The van der Waals surface area contributed by atoms with Gasteiger partial charge < -0.3 is 10.4 Å². The molecule has 0 aliphatic rings. The average molecular weight is 443 g/mol. The molecule has 4 aromatic rings. The van der Waals surface area contributed by atoms with Gasteiger partial charge in [0.25, 0.3) is 5.91 Å². The van der Waals surface area contributed by atoms with Crippen molar-refractivity contribution in [2.24, 2.45) is 0 Å². The van der Waals surface area contributed by atoms with Crippen molar-refractivity contribution in [2.75, 3.05) is 5.32 Å². The van der Waals surface area contributed by atoms with E-state index in [1.165, 1.54) is 0 Å². The van der Waals surface area contributed by atoms with Crippen LogP contribution in [-0.4, -0.2) is 31.7 Å². The Balaban J connectivity index is 1.77. The lowest BCUT2D eigenvalue weighted by Gasteiger charge is -2.14. The number of carbonyl (C=O) groups excluding carboxylic acids is 1. The zero-order valence-corrected chi connectivity index (χ0v) is 19.0. The van der Waals surface area contributed by atoms with Crippen molar-refractivity contribution in [3.8, 4) is 5.69 Å². The summed E-state index contributed by atoms with van der Waals surface area (Å²) in [7, 11) is 0. The monoisotopic (exact) mass is 442 g/mol. The van der Waals surface area contributed by atoms with Gasteiger partial charge in [0, 0.05) is 23.1 Å². The standard InChI is InChI=1S/C26H26N4O3/c1-16(25(32)33)18-9-7-10-19(14-18)30-22(15-21(29-30)26(2,3)4)28-24(31)23-20-11-6-5-8-17(20)12-13-27-23/h5-16H,1-4H3,(H,28,31)(H,32,33). The van der Waals surface area contributed by atoms with Gasteiger partial charge in [-0.15, -0.1) is 0 Å². The van der Waals surface area contributed by atoms with Gasteiger partial charge in [0.05, 0.1) is 17.3 Å². The van der Waals surface area contributed by atoms with Gasteiger partial charge in [-0.3, -0.25) is 14.6 Å². The number of rotatable bonds is 5. The Morgan fingerprint density at radius 3 is 2.52 bits per heavy atom. The number of amides is 1. The first-order valence-electron chi connectivity index (χ1n) is 10.7. The van der Waals surface area contributed by atoms with E-state index in [-0.39, 0.29) is 11.3 Å². The summed E-state index contributed by atoms with van der Waals surface area (Å²) in [6, 6.07) is 18.5. The second-order valence-electron chi connectivity index (χ2n) is 9.07. The number of benzene rings is 2. The summed E-state index contributed by atoms with van der Waals surface area (Å²) >= 11 is 0. The molecule has 1 atom stereocenters. The molecule has 33 heavy (non-hydrogen) atoms. The molecule has 0 aliphatic heterocycles. The van der Waals surface area contributed by atoms with Crippen LogP contribution in [0, 0.1) is 0 Å². The van der Waals surface area contributed by atoms with E-state index in [1.54, 1.807) is 36.0 Å². The zero-order valence-electron chi connectivity index (χ0n) is 19.0. The van der Waals surface area contributed by atoms with Gasteiger partial charge in [0.1, 0.15) is 11.5 Å². The summed E-state index contributed by atoms with van der Waals surface area (Å²) in [5, 5.41) is 18.8. The van der Waals surface area contributed by atoms with Gasteiger partial charge in [-0.05, 0) is 36.1 Å². The number of pyridine rings is 1. The molecule has 1 amide bonds. The number of hydrogen-bond donors (Lipinski definition) is 2. The summed E-state index contributed by atoms with van der Waals surface area (Å²) in [5.74, 6) is -1.43. The van der Waals surface area contributed by atoms with Crippen LogP contribution in [0.15, 0.2) is 66.9 Å². The smallest absolute Gasteiger partial charge is 0.310 e. The lowest BCUT2D eigenvalue weighted by Crippen LogP contribution is -2.17. The van der Waals surface area contributed by atoms with Gasteiger partial charge in [-0.1, -0.05) is 57.2 Å². The minimum Gasteiger partial charge on any atom is -0.481 e. The molecular weight excluding hydrogens is 416 g/mol. The van der Waals surface area contributed by atoms with Crippen molar-refractivity contribution < 1.29 is 14.7 Å². The van der Waals surface area contributed by atoms with Crippen LogP contribution >= 0.6 is 0 Å². The first-order valence-corrected chi connectivity index (χ1v) is 10.7. The normalized spacial score (nSPS) is 12.5. The number of carbonyl (C=O) groups is 2. The second-order valence-corrected chi connectivity index (χ2v) is 9.07. The van der Waals surface area contributed by atoms with Gasteiger partial charge in [0.2, 0.25) is 0 Å². The molecule has 1 unspecified atom stereocenters. The van der Waals surface area contributed by atoms with E-state index in [2.05, 4.69) is 10.3 Å². The van der Waals surface area contributed by atoms with E-state index in [9.17, 15) is 14.7 Å². The summed E-state index contributed by atoms with van der Waals surface area (Å²) in [6.07, 6.45) is 1.62. The summed E-state index contributed by atoms with van der Waals surface area (Å²) in [6.45, 7) is 7.77. The Morgan fingerprint density at radius 1 is 1.03 bits per heavy atom. The number of anilines is 1. The Hall–Kier alpha value is -4.00. The highest BCUT2D eigenvalue weighted by Gasteiger charge is 2.23. The van der Waals surface area contributed by atoms with E-state index >= 15 is 0 Å². The maximum atomic E-state index is 13.2. The highest BCUT2D eigenvalue weighted by Crippen LogP contribution is 2.28. The molecule has 0 saturated heterocycles. The molecule has 0 aliphatic carbocycles. The van der Waals surface area contributed by atoms with Crippen LogP contribution in [0.25, 0.3) is 16.5 Å². The molecule has 4 rings (SSSR count). The molecule has 0 spiro atoms. The van der Waals surface area contributed by atoms with E-state index < -0.39 is 11.9 Å². The predicted molar refractivity (Wildman–Crippen MR) is 128 cm³/mol. The van der Waals surface area contributed by atoms with Crippen LogP contribution < -0.4 is 5.32 Å². The lowest BCUT2D eigenvalue weighted by molar-refractivity contribution is -0.138. The quantitative estimate of drug-likeness (QED) is 0.445. The molecule has 0 bridgehead atoms. The van der Waals surface area contributed by atoms with E-state index in [4.69, 9.17) is 5.10 Å². The molecule has 7 heteroatoms. The summed E-state index contributed by atoms with van der Waals surface area (Å²) in [4.78, 5) is 29.0. The maximum Gasteiger partial charge on any atom is 0.310 e. The highest BCUT2D eigenvalue weighted by atomic mass is 16.4. The molecule has 0 radical (unpaired) electrons. The fourth-order valence-electron chi connectivity index (χ4n) is 3.58. The highest BCUT2D eigenvalue weighted by molar-refractivity contribution is 6.11. The van der Waals surface area contributed by atoms with Crippen LogP contribution in [0.4, 0.5) is 5.82 Å². The number of carboxylic acids is 1. The van der Waals surface area contributed by atoms with Crippen molar-refractivity contribution in [3.05, 3.63) is 83.8 Å². The van der Waals surface area contributed by atoms with Gasteiger partial charge in [-0.2, -0.15) is 5.10 Å². The largest absolute Gasteiger partial charge is 0.481 e.